The quantitative estimate of drug-likeness (QED) is 0.545. The maximum absolute atomic E-state index is 11.4. The molecule has 186 valence electrons. The minimum absolute atomic E-state index is 0.250. The highest BCUT2D eigenvalue weighted by atomic mass is 32.1. The average molecular weight is 496 g/mol. The molecule has 0 spiro atoms. The zero-order valence-corrected chi connectivity index (χ0v) is 20.9. The number of nitrogens with two attached hydrogens (primary N) is 1. The van der Waals surface area contributed by atoms with E-state index >= 15 is 0 Å². The van der Waals surface area contributed by atoms with Crippen LogP contribution < -0.4 is 15.9 Å². The van der Waals surface area contributed by atoms with Crippen molar-refractivity contribution in [2.45, 2.75) is 26.2 Å². The molecule has 3 aliphatic rings. The first-order valence-electron chi connectivity index (χ1n) is 12.1. The molecule has 9 heteroatoms. The van der Waals surface area contributed by atoms with Crippen LogP contribution in [-0.4, -0.2) is 66.5 Å². The number of piperidine rings is 1. The first-order valence-corrected chi connectivity index (χ1v) is 12.9. The number of hydrogen-bond donors (Lipinski definition) is 3. The Balaban J connectivity index is 0.000000917. The Kier molecular flexibility index (Phi) is 8.70. The van der Waals surface area contributed by atoms with Gasteiger partial charge < -0.3 is 15.6 Å². The second kappa shape index (κ2) is 12.1. The van der Waals surface area contributed by atoms with E-state index < -0.39 is 5.91 Å². The number of hydrazine groups is 1. The van der Waals surface area contributed by atoms with Crippen LogP contribution >= 0.6 is 11.3 Å². The van der Waals surface area contributed by atoms with Crippen molar-refractivity contribution in [3.8, 4) is 5.75 Å². The minimum atomic E-state index is -0.400. The summed E-state index contributed by atoms with van der Waals surface area (Å²) in [6, 6.07) is 10.0. The first-order chi connectivity index (χ1) is 17.1. The number of hydrogen-bond acceptors (Lipinski definition) is 8. The largest absolute Gasteiger partial charge is 0.492 e. The Morgan fingerprint density at radius 1 is 1.20 bits per heavy atom. The SMILES string of the molecule is CCO.NC(=O)c1cc(C2=C3N=CC(c4ccc(OCCN5CCCCC5)cc4)=CN3NC2)cs1. The maximum Gasteiger partial charge on any atom is 0.258 e. The number of benzene rings is 1. The van der Waals surface area contributed by atoms with Crippen molar-refractivity contribution in [2.75, 3.05) is 39.4 Å². The molecule has 0 saturated carbocycles. The molecule has 1 amide bonds. The maximum atomic E-state index is 11.4. The van der Waals surface area contributed by atoms with E-state index in [1.807, 2.05) is 41.0 Å². The van der Waals surface area contributed by atoms with Crippen molar-refractivity contribution in [3.63, 3.8) is 0 Å². The Labute approximate surface area is 210 Å². The second-order valence-electron chi connectivity index (χ2n) is 8.50. The topological polar surface area (TPSA) is 103 Å². The highest BCUT2D eigenvalue weighted by Gasteiger charge is 2.25. The first kappa shape index (κ1) is 25.1. The van der Waals surface area contributed by atoms with E-state index in [1.165, 1.54) is 43.7 Å². The van der Waals surface area contributed by atoms with Crippen LogP contribution in [0.2, 0.25) is 0 Å². The third-order valence-electron chi connectivity index (χ3n) is 6.02. The van der Waals surface area contributed by atoms with Gasteiger partial charge in [0.1, 0.15) is 12.4 Å². The summed E-state index contributed by atoms with van der Waals surface area (Å²) in [5.41, 5.74) is 12.9. The molecule has 4 N–H and O–H groups in total. The number of fused-ring (bicyclic) bond motifs is 1. The van der Waals surface area contributed by atoms with Crippen LogP contribution in [0, 0.1) is 0 Å². The van der Waals surface area contributed by atoms with Gasteiger partial charge in [0.2, 0.25) is 0 Å². The van der Waals surface area contributed by atoms with Gasteiger partial charge in [0, 0.05) is 43.3 Å². The van der Waals surface area contributed by atoms with Crippen LogP contribution in [0.5, 0.6) is 5.75 Å². The van der Waals surface area contributed by atoms with Crippen LogP contribution in [0.3, 0.4) is 0 Å². The number of nitrogens with zero attached hydrogens (tertiary/aromatic N) is 3. The van der Waals surface area contributed by atoms with E-state index in [0.29, 0.717) is 11.4 Å². The van der Waals surface area contributed by atoms with Crippen molar-refractivity contribution in [3.05, 3.63) is 63.7 Å². The molecular formula is C26H33N5O3S. The molecule has 4 heterocycles. The van der Waals surface area contributed by atoms with E-state index in [9.17, 15) is 4.79 Å². The van der Waals surface area contributed by atoms with Crippen molar-refractivity contribution >= 4 is 34.6 Å². The van der Waals surface area contributed by atoms with Gasteiger partial charge in [0.05, 0.1) is 4.88 Å². The molecule has 0 atom stereocenters. The number of likely N-dealkylation sites (tertiary alicyclic amines) is 1. The molecule has 0 radical (unpaired) electrons. The van der Waals surface area contributed by atoms with Crippen molar-refractivity contribution in [1.82, 2.24) is 15.3 Å². The standard InChI is InChI=1S/C24H27N5O2S.C2H6O/c25-23(30)22-12-18(16-32-22)21-14-27-29-15-19(13-26-24(21)29)17-4-6-20(7-5-17)31-11-10-28-8-2-1-3-9-28;1-2-3/h4-7,12-13,15-16,27H,1-3,8-11,14H2,(H2,25,30);3H,2H2,1H3. The number of carbonyl (C=O) groups excluding carboxylic acids is 1. The van der Waals surface area contributed by atoms with Gasteiger partial charge in [0.15, 0.2) is 5.82 Å². The predicted octanol–water partition coefficient (Wildman–Crippen LogP) is 3.32. The number of amides is 1. The van der Waals surface area contributed by atoms with E-state index in [4.69, 9.17) is 15.6 Å². The number of thiophene rings is 1. The lowest BCUT2D eigenvalue weighted by atomic mass is 10.1. The Morgan fingerprint density at radius 2 is 1.94 bits per heavy atom. The molecule has 0 bridgehead atoms. The number of carbonyl (C=O) groups is 1. The molecule has 5 rings (SSSR count). The van der Waals surface area contributed by atoms with Gasteiger partial charge in [0.25, 0.3) is 5.91 Å². The summed E-state index contributed by atoms with van der Waals surface area (Å²) in [4.78, 5) is 19.1. The molecule has 3 aliphatic heterocycles. The lowest BCUT2D eigenvalue weighted by Crippen LogP contribution is -2.33. The van der Waals surface area contributed by atoms with Crippen molar-refractivity contribution in [2.24, 2.45) is 10.7 Å². The molecule has 8 nitrogen and oxygen atoms in total. The van der Waals surface area contributed by atoms with Gasteiger partial charge >= 0.3 is 0 Å². The molecule has 2 aromatic rings. The highest BCUT2D eigenvalue weighted by molar-refractivity contribution is 7.12. The third kappa shape index (κ3) is 6.37. The van der Waals surface area contributed by atoms with E-state index in [-0.39, 0.29) is 6.61 Å². The summed E-state index contributed by atoms with van der Waals surface area (Å²) in [5.74, 6) is 1.34. The fourth-order valence-electron chi connectivity index (χ4n) is 4.24. The van der Waals surface area contributed by atoms with Gasteiger partial charge in [-0.3, -0.25) is 14.7 Å². The van der Waals surface area contributed by atoms with Gasteiger partial charge in [-0.25, -0.2) is 10.4 Å². The number of primary amides is 1. The summed E-state index contributed by atoms with van der Waals surface area (Å²) in [6.07, 6.45) is 7.89. The molecule has 1 fully saturated rings. The van der Waals surface area contributed by atoms with E-state index in [0.717, 1.165) is 47.0 Å². The molecule has 1 aromatic heterocycles. The third-order valence-corrected chi connectivity index (χ3v) is 6.97. The monoisotopic (exact) mass is 495 g/mol. The van der Waals surface area contributed by atoms with Crippen LogP contribution in [0.25, 0.3) is 11.1 Å². The van der Waals surface area contributed by atoms with Crippen molar-refractivity contribution in [1.29, 1.82) is 0 Å². The molecular weight excluding hydrogens is 462 g/mol. The number of aliphatic hydroxyl groups excluding tert-OH is 1. The summed E-state index contributed by atoms with van der Waals surface area (Å²) in [7, 11) is 0. The highest BCUT2D eigenvalue weighted by Crippen LogP contribution is 2.32. The number of aliphatic imine (C=N–C) groups is 1. The van der Waals surface area contributed by atoms with Gasteiger partial charge in [-0.05, 0) is 67.6 Å². The van der Waals surface area contributed by atoms with Crippen LogP contribution in [0.4, 0.5) is 0 Å². The summed E-state index contributed by atoms with van der Waals surface area (Å²) < 4.78 is 5.95. The number of aliphatic hydroxyl groups is 1. The van der Waals surface area contributed by atoms with Gasteiger partial charge in [-0.1, -0.05) is 18.6 Å². The molecule has 0 aliphatic carbocycles. The minimum Gasteiger partial charge on any atom is -0.492 e. The summed E-state index contributed by atoms with van der Waals surface area (Å²) in [6.45, 7) is 6.67. The Hall–Kier alpha value is -2.98. The Morgan fingerprint density at radius 3 is 2.63 bits per heavy atom. The van der Waals surface area contributed by atoms with Crippen LogP contribution in [0.1, 0.15) is 47.0 Å². The second-order valence-corrected chi connectivity index (χ2v) is 9.42. The van der Waals surface area contributed by atoms with Gasteiger partial charge in [-0.2, -0.15) is 0 Å². The van der Waals surface area contributed by atoms with Crippen LogP contribution in [-0.2, 0) is 0 Å². The van der Waals surface area contributed by atoms with E-state index in [1.54, 1.807) is 6.92 Å². The van der Waals surface area contributed by atoms with Crippen LogP contribution in [0.15, 0.2) is 52.7 Å². The summed E-state index contributed by atoms with van der Waals surface area (Å²) >= 11 is 1.36. The molecule has 35 heavy (non-hydrogen) atoms. The number of ether oxygens (including phenoxy) is 1. The number of nitrogens with one attached hydrogen (secondary N) is 1. The number of rotatable bonds is 7. The Bertz CT molecular complexity index is 1100. The average Bonchev–Trinajstić information content (AvgIpc) is 3.53. The zero-order chi connectivity index (χ0) is 24.6. The molecule has 0 unspecified atom stereocenters. The lowest BCUT2D eigenvalue weighted by Gasteiger charge is -2.26. The molecule has 1 saturated heterocycles. The molecule has 1 aromatic carbocycles. The van der Waals surface area contributed by atoms with Gasteiger partial charge in [-0.15, -0.1) is 11.3 Å². The fraction of sp³-hybridized carbons (Fsp3) is 0.385. The van der Waals surface area contributed by atoms with E-state index in [2.05, 4.69) is 27.5 Å². The fourth-order valence-corrected chi connectivity index (χ4v) is 5.01. The smallest absolute Gasteiger partial charge is 0.258 e. The van der Waals surface area contributed by atoms with Crippen molar-refractivity contribution < 1.29 is 14.6 Å². The number of allylic oxidation sites excluding steroid dienone is 1. The predicted molar refractivity (Wildman–Crippen MR) is 141 cm³/mol. The normalized spacial score (nSPS) is 17.5. The lowest BCUT2D eigenvalue weighted by molar-refractivity contribution is 0.100. The zero-order valence-electron chi connectivity index (χ0n) is 20.1. The summed E-state index contributed by atoms with van der Waals surface area (Å²) in [5, 5.41) is 11.5.